The molecule has 1 heterocycles. The molecule has 1 aromatic carbocycles. The van der Waals surface area contributed by atoms with Gasteiger partial charge in [0.1, 0.15) is 17.6 Å². The first-order valence-electron chi connectivity index (χ1n) is 5.04. The number of rotatable bonds is 3. The van der Waals surface area contributed by atoms with E-state index in [4.69, 9.17) is 11.6 Å². The molecule has 17 heavy (non-hydrogen) atoms. The summed E-state index contributed by atoms with van der Waals surface area (Å²) in [5.74, 6) is -0.430. The fraction of sp³-hybridized carbons (Fsp3) is 0.273. The molecule has 0 radical (unpaired) electrons. The molecule has 1 aromatic heterocycles. The third-order valence-electron chi connectivity index (χ3n) is 2.39. The number of aliphatic hydroxyl groups excluding tert-OH is 1. The Bertz CT molecular complexity index is 529. The Morgan fingerprint density at radius 3 is 2.88 bits per heavy atom. The molecule has 0 saturated heterocycles. The summed E-state index contributed by atoms with van der Waals surface area (Å²) in [5.41, 5.74) is 0.814. The molecule has 90 valence electrons. The van der Waals surface area contributed by atoms with Crippen molar-refractivity contribution in [3.05, 3.63) is 46.5 Å². The predicted molar refractivity (Wildman–Crippen MR) is 61.1 cm³/mol. The van der Waals surface area contributed by atoms with Crippen LogP contribution in [0.4, 0.5) is 4.39 Å². The first-order valence-corrected chi connectivity index (χ1v) is 5.42. The summed E-state index contributed by atoms with van der Waals surface area (Å²) in [6, 6.07) is 4.36. The van der Waals surface area contributed by atoms with Gasteiger partial charge in [-0.25, -0.2) is 4.39 Å². The van der Waals surface area contributed by atoms with Crippen molar-refractivity contribution >= 4 is 11.6 Å². The predicted octanol–water partition coefficient (Wildman–Crippen LogP) is 1.88. The molecule has 0 saturated carbocycles. The SMILES string of the molecule is Cn1ncc(C(O)Cc2ccc(Cl)cc2F)n1. The maximum Gasteiger partial charge on any atom is 0.127 e. The lowest BCUT2D eigenvalue weighted by Crippen LogP contribution is -2.05. The fourth-order valence-electron chi connectivity index (χ4n) is 1.51. The van der Waals surface area contributed by atoms with Gasteiger partial charge < -0.3 is 5.11 Å². The summed E-state index contributed by atoms with van der Waals surface area (Å²) in [4.78, 5) is 1.34. The Hall–Kier alpha value is -1.46. The van der Waals surface area contributed by atoms with E-state index in [9.17, 15) is 9.50 Å². The van der Waals surface area contributed by atoms with Crippen LogP contribution in [0.15, 0.2) is 24.4 Å². The molecule has 0 fully saturated rings. The molecular formula is C11H11ClFN3O. The monoisotopic (exact) mass is 255 g/mol. The number of aryl methyl sites for hydroxylation is 1. The Balaban J connectivity index is 2.15. The van der Waals surface area contributed by atoms with Gasteiger partial charge in [0.25, 0.3) is 0 Å². The molecule has 0 aliphatic carbocycles. The van der Waals surface area contributed by atoms with Crippen molar-refractivity contribution in [1.29, 1.82) is 0 Å². The van der Waals surface area contributed by atoms with E-state index in [1.807, 2.05) is 0 Å². The summed E-state index contributed by atoms with van der Waals surface area (Å²) >= 11 is 5.65. The minimum atomic E-state index is -0.876. The van der Waals surface area contributed by atoms with Crippen LogP contribution in [0.2, 0.25) is 5.02 Å². The van der Waals surface area contributed by atoms with Gasteiger partial charge in [-0.05, 0) is 17.7 Å². The lowest BCUT2D eigenvalue weighted by atomic mass is 10.1. The molecule has 0 bridgehead atoms. The zero-order chi connectivity index (χ0) is 12.4. The van der Waals surface area contributed by atoms with E-state index in [2.05, 4.69) is 10.2 Å². The second-order valence-corrected chi connectivity index (χ2v) is 4.15. The quantitative estimate of drug-likeness (QED) is 0.911. The average molecular weight is 256 g/mol. The Morgan fingerprint density at radius 1 is 1.53 bits per heavy atom. The number of hydrogen-bond donors (Lipinski definition) is 1. The van der Waals surface area contributed by atoms with Gasteiger partial charge in [0.2, 0.25) is 0 Å². The minimum absolute atomic E-state index is 0.141. The van der Waals surface area contributed by atoms with Crippen LogP contribution < -0.4 is 0 Å². The first kappa shape index (κ1) is 12.0. The molecule has 0 spiro atoms. The van der Waals surface area contributed by atoms with Crippen molar-refractivity contribution in [1.82, 2.24) is 15.0 Å². The Labute approximate surface area is 103 Å². The van der Waals surface area contributed by atoms with Gasteiger partial charge in [-0.3, -0.25) is 0 Å². The highest BCUT2D eigenvalue weighted by atomic mass is 35.5. The van der Waals surface area contributed by atoms with Gasteiger partial charge in [0, 0.05) is 18.5 Å². The molecule has 1 unspecified atom stereocenters. The summed E-state index contributed by atoms with van der Waals surface area (Å²) in [6.07, 6.45) is 0.722. The van der Waals surface area contributed by atoms with Crippen LogP contribution in [-0.2, 0) is 13.5 Å². The molecule has 2 aromatic rings. The number of benzene rings is 1. The normalized spacial score (nSPS) is 12.7. The minimum Gasteiger partial charge on any atom is -0.386 e. The standard InChI is InChI=1S/C11H11ClFN3O/c1-16-14-6-10(15-16)11(17)4-7-2-3-8(12)5-9(7)13/h2-3,5-6,11,17H,4H2,1H3. The van der Waals surface area contributed by atoms with Crippen molar-refractivity contribution in [2.24, 2.45) is 7.05 Å². The van der Waals surface area contributed by atoms with Crippen LogP contribution >= 0.6 is 11.6 Å². The van der Waals surface area contributed by atoms with E-state index in [0.717, 1.165) is 0 Å². The van der Waals surface area contributed by atoms with E-state index in [1.54, 1.807) is 19.2 Å². The molecule has 1 N–H and O–H groups in total. The lowest BCUT2D eigenvalue weighted by Gasteiger charge is -2.08. The maximum absolute atomic E-state index is 13.5. The zero-order valence-corrected chi connectivity index (χ0v) is 9.89. The van der Waals surface area contributed by atoms with Crippen molar-refractivity contribution in [3.63, 3.8) is 0 Å². The lowest BCUT2D eigenvalue weighted by molar-refractivity contribution is 0.171. The molecule has 0 aliphatic rings. The Morgan fingerprint density at radius 2 is 2.29 bits per heavy atom. The molecule has 1 atom stereocenters. The zero-order valence-electron chi connectivity index (χ0n) is 9.14. The molecule has 2 rings (SSSR count). The number of halogens is 2. The number of aromatic nitrogens is 3. The molecule has 0 amide bonds. The smallest absolute Gasteiger partial charge is 0.127 e. The Kier molecular flexibility index (Phi) is 3.40. The van der Waals surface area contributed by atoms with Crippen LogP contribution in [0.5, 0.6) is 0 Å². The van der Waals surface area contributed by atoms with Crippen molar-refractivity contribution in [2.45, 2.75) is 12.5 Å². The van der Waals surface area contributed by atoms with Gasteiger partial charge >= 0.3 is 0 Å². The van der Waals surface area contributed by atoms with Crippen molar-refractivity contribution in [2.75, 3.05) is 0 Å². The highest BCUT2D eigenvalue weighted by Gasteiger charge is 2.14. The van der Waals surface area contributed by atoms with Crippen molar-refractivity contribution in [3.8, 4) is 0 Å². The number of nitrogens with zero attached hydrogens (tertiary/aromatic N) is 3. The topological polar surface area (TPSA) is 50.9 Å². The third kappa shape index (κ3) is 2.81. The van der Waals surface area contributed by atoms with Crippen LogP contribution in [0.1, 0.15) is 17.4 Å². The van der Waals surface area contributed by atoms with E-state index in [0.29, 0.717) is 16.3 Å². The number of aliphatic hydroxyl groups is 1. The summed E-state index contributed by atoms with van der Waals surface area (Å²) in [7, 11) is 1.65. The molecular weight excluding hydrogens is 245 g/mol. The van der Waals surface area contributed by atoms with Crippen LogP contribution in [0, 0.1) is 5.82 Å². The molecule has 4 nitrogen and oxygen atoms in total. The van der Waals surface area contributed by atoms with Crippen molar-refractivity contribution < 1.29 is 9.50 Å². The van der Waals surface area contributed by atoms with Gasteiger partial charge in [-0.2, -0.15) is 15.0 Å². The largest absolute Gasteiger partial charge is 0.386 e. The highest BCUT2D eigenvalue weighted by molar-refractivity contribution is 6.30. The van der Waals surface area contributed by atoms with Crippen LogP contribution in [0.3, 0.4) is 0 Å². The van der Waals surface area contributed by atoms with E-state index < -0.39 is 11.9 Å². The second kappa shape index (κ2) is 4.81. The second-order valence-electron chi connectivity index (χ2n) is 3.71. The summed E-state index contributed by atoms with van der Waals surface area (Å²) in [5, 5.41) is 18.0. The molecule has 6 heteroatoms. The van der Waals surface area contributed by atoms with E-state index in [-0.39, 0.29) is 6.42 Å². The molecule has 0 aliphatic heterocycles. The maximum atomic E-state index is 13.5. The van der Waals surface area contributed by atoms with E-state index >= 15 is 0 Å². The van der Waals surface area contributed by atoms with Gasteiger partial charge in [0.15, 0.2) is 0 Å². The third-order valence-corrected chi connectivity index (χ3v) is 2.62. The summed E-state index contributed by atoms with van der Waals surface area (Å²) in [6.45, 7) is 0. The van der Waals surface area contributed by atoms with Crippen LogP contribution in [-0.4, -0.2) is 20.1 Å². The number of hydrogen-bond acceptors (Lipinski definition) is 3. The van der Waals surface area contributed by atoms with Gasteiger partial charge in [-0.1, -0.05) is 17.7 Å². The van der Waals surface area contributed by atoms with Crippen LogP contribution in [0.25, 0.3) is 0 Å². The van der Waals surface area contributed by atoms with Gasteiger partial charge in [-0.15, -0.1) is 0 Å². The van der Waals surface area contributed by atoms with Gasteiger partial charge in [0.05, 0.1) is 6.20 Å². The first-order chi connectivity index (χ1) is 8.06. The fourth-order valence-corrected chi connectivity index (χ4v) is 1.67. The summed E-state index contributed by atoms with van der Waals surface area (Å²) < 4.78 is 13.5. The van der Waals surface area contributed by atoms with E-state index in [1.165, 1.54) is 17.1 Å². The highest BCUT2D eigenvalue weighted by Crippen LogP contribution is 2.20. The average Bonchev–Trinajstić information content (AvgIpc) is 2.69.